The highest BCUT2D eigenvalue weighted by atomic mass is 19.2. The maximum absolute atomic E-state index is 13.9. The number of carbonyl (C=O) groups is 4. The standard InChI is InChI=1S/C28H30F4N2O6/c1-28(2,3)40-22(36)14-20(21(35)15-39-25-23(31)18(29)13-19(30)24(25)32)33-26(37)16-9-11-34(12-10-16)27(38)17-7-5-4-6-8-17/h4-8,13,16,20H,9-12,14-15H2,1-3H3,(H,33,37)/t20-/m0/s1. The lowest BCUT2D eigenvalue weighted by atomic mass is 9.94. The molecule has 1 atom stereocenters. The molecule has 0 saturated carbocycles. The Balaban J connectivity index is 1.67. The zero-order valence-electron chi connectivity index (χ0n) is 22.3. The molecule has 0 aromatic heterocycles. The normalized spacial score (nSPS) is 14.8. The van der Waals surface area contributed by atoms with E-state index in [1.807, 2.05) is 0 Å². The Labute approximate surface area is 228 Å². The Kier molecular flexibility index (Phi) is 9.88. The fraction of sp³-hybridized carbons (Fsp3) is 0.429. The lowest BCUT2D eigenvalue weighted by molar-refractivity contribution is -0.156. The number of hydrogen-bond donors (Lipinski definition) is 1. The molecule has 1 aliphatic heterocycles. The Bertz CT molecular complexity index is 1230. The number of nitrogens with one attached hydrogen (secondary N) is 1. The topological polar surface area (TPSA) is 102 Å². The zero-order chi connectivity index (χ0) is 29.6. The first kappa shape index (κ1) is 30.6. The third-order valence-electron chi connectivity index (χ3n) is 6.10. The molecule has 216 valence electrons. The van der Waals surface area contributed by atoms with Crippen LogP contribution >= 0.6 is 0 Å². The summed E-state index contributed by atoms with van der Waals surface area (Å²) in [6, 6.07) is 7.12. The lowest BCUT2D eigenvalue weighted by Gasteiger charge is -2.32. The number of carbonyl (C=O) groups excluding carboxylic acids is 4. The van der Waals surface area contributed by atoms with Crippen molar-refractivity contribution in [1.29, 1.82) is 0 Å². The van der Waals surface area contributed by atoms with Crippen LogP contribution in [0.15, 0.2) is 36.4 Å². The van der Waals surface area contributed by atoms with Crippen molar-refractivity contribution in [1.82, 2.24) is 10.2 Å². The maximum atomic E-state index is 13.9. The summed E-state index contributed by atoms with van der Waals surface area (Å²) in [5.41, 5.74) is -0.395. The fourth-order valence-electron chi connectivity index (χ4n) is 4.11. The molecule has 1 saturated heterocycles. The molecule has 12 heteroatoms. The Hall–Kier alpha value is -3.96. The molecule has 0 bridgehead atoms. The van der Waals surface area contributed by atoms with Crippen LogP contribution in [0, 0.1) is 29.2 Å². The van der Waals surface area contributed by atoms with Crippen LogP contribution in [-0.4, -0.2) is 59.8 Å². The van der Waals surface area contributed by atoms with Gasteiger partial charge >= 0.3 is 5.97 Å². The van der Waals surface area contributed by atoms with Gasteiger partial charge in [0.1, 0.15) is 18.2 Å². The van der Waals surface area contributed by atoms with Crippen molar-refractivity contribution >= 4 is 23.6 Å². The average Bonchev–Trinajstić information content (AvgIpc) is 2.90. The third-order valence-corrected chi connectivity index (χ3v) is 6.10. The summed E-state index contributed by atoms with van der Waals surface area (Å²) in [6.07, 6.45) is -0.0560. The highest BCUT2D eigenvalue weighted by Gasteiger charge is 2.33. The second-order valence-corrected chi connectivity index (χ2v) is 10.3. The van der Waals surface area contributed by atoms with Crippen molar-refractivity contribution in [3.05, 3.63) is 65.2 Å². The van der Waals surface area contributed by atoms with Crippen molar-refractivity contribution in [2.24, 2.45) is 5.92 Å². The summed E-state index contributed by atoms with van der Waals surface area (Å²) >= 11 is 0. The van der Waals surface area contributed by atoms with Crippen LogP contribution in [0.5, 0.6) is 5.75 Å². The molecule has 2 aromatic carbocycles. The largest absolute Gasteiger partial charge is 0.479 e. The van der Waals surface area contributed by atoms with Crippen molar-refractivity contribution in [3.63, 3.8) is 0 Å². The van der Waals surface area contributed by atoms with E-state index in [-0.39, 0.29) is 37.9 Å². The van der Waals surface area contributed by atoms with Gasteiger partial charge in [0.15, 0.2) is 23.2 Å². The van der Waals surface area contributed by atoms with E-state index in [2.05, 4.69) is 5.32 Å². The molecule has 3 rings (SSSR count). The minimum Gasteiger partial charge on any atom is -0.479 e. The van der Waals surface area contributed by atoms with E-state index in [0.29, 0.717) is 5.56 Å². The minimum absolute atomic E-state index is 0.0103. The molecule has 1 N–H and O–H groups in total. The molecule has 0 spiro atoms. The fourth-order valence-corrected chi connectivity index (χ4v) is 4.11. The summed E-state index contributed by atoms with van der Waals surface area (Å²) in [7, 11) is 0. The van der Waals surface area contributed by atoms with Gasteiger partial charge in [-0.1, -0.05) is 18.2 Å². The van der Waals surface area contributed by atoms with E-state index in [9.17, 15) is 36.7 Å². The van der Waals surface area contributed by atoms with E-state index in [1.54, 1.807) is 56.0 Å². The van der Waals surface area contributed by atoms with Gasteiger partial charge in [0.2, 0.25) is 17.5 Å². The number of ether oxygens (including phenoxy) is 2. The number of nitrogens with zero attached hydrogens (tertiary/aromatic N) is 1. The second kappa shape index (κ2) is 12.9. The van der Waals surface area contributed by atoms with Crippen LogP contribution in [0.25, 0.3) is 0 Å². The van der Waals surface area contributed by atoms with Gasteiger partial charge in [-0.25, -0.2) is 8.78 Å². The van der Waals surface area contributed by atoms with Gasteiger partial charge in [0.05, 0.1) is 6.42 Å². The first-order valence-electron chi connectivity index (χ1n) is 12.6. The number of benzene rings is 2. The van der Waals surface area contributed by atoms with E-state index < -0.39 is 77.3 Å². The Morgan fingerprint density at radius 1 is 0.975 bits per heavy atom. The molecule has 40 heavy (non-hydrogen) atoms. The number of amides is 2. The smallest absolute Gasteiger partial charge is 0.308 e. The first-order valence-corrected chi connectivity index (χ1v) is 12.6. The first-order chi connectivity index (χ1) is 18.8. The van der Waals surface area contributed by atoms with Gasteiger partial charge in [0, 0.05) is 30.6 Å². The van der Waals surface area contributed by atoms with Crippen LogP contribution in [0.1, 0.15) is 50.4 Å². The third kappa shape index (κ3) is 8.03. The molecule has 2 aromatic rings. The van der Waals surface area contributed by atoms with Crippen LogP contribution in [0.4, 0.5) is 17.6 Å². The Morgan fingerprint density at radius 2 is 1.55 bits per heavy atom. The summed E-state index contributed by atoms with van der Waals surface area (Å²) in [5, 5.41) is 2.46. The maximum Gasteiger partial charge on any atom is 0.308 e. The number of likely N-dealkylation sites (tertiary alicyclic amines) is 1. The van der Waals surface area contributed by atoms with Gasteiger partial charge in [-0.2, -0.15) is 8.78 Å². The number of piperidine rings is 1. The number of rotatable bonds is 9. The van der Waals surface area contributed by atoms with E-state index in [4.69, 9.17) is 9.47 Å². The van der Waals surface area contributed by atoms with Crippen LogP contribution < -0.4 is 10.1 Å². The van der Waals surface area contributed by atoms with Crippen molar-refractivity contribution in [2.45, 2.75) is 51.7 Å². The Morgan fingerprint density at radius 3 is 2.10 bits per heavy atom. The van der Waals surface area contributed by atoms with E-state index >= 15 is 0 Å². The lowest BCUT2D eigenvalue weighted by Crippen LogP contribution is -2.49. The van der Waals surface area contributed by atoms with Gasteiger partial charge in [0.25, 0.3) is 5.91 Å². The molecule has 1 aliphatic rings. The van der Waals surface area contributed by atoms with E-state index in [1.165, 1.54) is 0 Å². The molecule has 0 aliphatic carbocycles. The molecule has 8 nitrogen and oxygen atoms in total. The predicted molar refractivity (Wildman–Crippen MR) is 134 cm³/mol. The SMILES string of the molecule is CC(C)(C)OC(=O)C[C@H](NC(=O)C1CCN(C(=O)c2ccccc2)CC1)C(=O)COc1c(F)c(F)cc(F)c1F. The number of esters is 1. The summed E-state index contributed by atoms with van der Waals surface area (Å²) in [5.74, 6) is -11.7. The summed E-state index contributed by atoms with van der Waals surface area (Å²) in [6.45, 7) is 4.25. The molecular formula is C28H30F4N2O6. The van der Waals surface area contributed by atoms with Gasteiger partial charge in [-0.3, -0.25) is 19.2 Å². The van der Waals surface area contributed by atoms with Crippen molar-refractivity contribution < 1.29 is 46.2 Å². The van der Waals surface area contributed by atoms with Crippen LogP contribution in [0.2, 0.25) is 0 Å². The molecule has 1 fully saturated rings. The highest BCUT2D eigenvalue weighted by Crippen LogP contribution is 2.27. The number of ketones is 1. The zero-order valence-corrected chi connectivity index (χ0v) is 22.3. The van der Waals surface area contributed by atoms with Crippen LogP contribution in [0.3, 0.4) is 0 Å². The average molecular weight is 567 g/mol. The highest BCUT2D eigenvalue weighted by molar-refractivity contribution is 5.95. The monoisotopic (exact) mass is 566 g/mol. The van der Waals surface area contributed by atoms with E-state index in [0.717, 1.165) is 0 Å². The van der Waals surface area contributed by atoms with Crippen molar-refractivity contribution in [3.8, 4) is 5.75 Å². The van der Waals surface area contributed by atoms with Gasteiger partial charge in [-0.15, -0.1) is 0 Å². The quantitative estimate of drug-likeness (QED) is 0.280. The summed E-state index contributed by atoms with van der Waals surface area (Å²) < 4.78 is 64.8. The number of Topliss-reactive ketones (excluding diaryl/α,β-unsaturated/α-hetero) is 1. The summed E-state index contributed by atoms with van der Waals surface area (Å²) in [4.78, 5) is 52.6. The molecule has 1 heterocycles. The second-order valence-electron chi connectivity index (χ2n) is 10.3. The number of hydrogen-bond acceptors (Lipinski definition) is 6. The van der Waals surface area contributed by atoms with Crippen LogP contribution in [-0.2, 0) is 19.1 Å². The number of halogens is 4. The molecule has 0 unspecified atom stereocenters. The van der Waals surface area contributed by atoms with Gasteiger partial charge < -0.3 is 19.7 Å². The molecule has 2 amide bonds. The van der Waals surface area contributed by atoms with Gasteiger partial charge in [-0.05, 0) is 45.7 Å². The molecule has 0 radical (unpaired) electrons. The van der Waals surface area contributed by atoms with Crippen molar-refractivity contribution in [2.75, 3.05) is 19.7 Å². The predicted octanol–water partition coefficient (Wildman–Crippen LogP) is 3.96. The molecular weight excluding hydrogens is 536 g/mol. The minimum atomic E-state index is -1.84.